The maximum Gasteiger partial charge on any atom is 0.242 e. The monoisotopic (exact) mass is 253 g/mol. The maximum absolute atomic E-state index is 11.8. The highest BCUT2D eigenvalue weighted by atomic mass is 16.5. The Morgan fingerprint density at radius 2 is 2.39 bits per heavy atom. The Bertz CT molecular complexity index is 404. The molecule has 0 bridgehead atoms. The van der Waals surface area contributed by atoms with Crippen LogP contribution in [0.15, 0.2) is 6.33 Å². The zero-order chi connectivity index (χ0) is 13.2. The molecule has 1 N–H and O–H groups in total. The summed E-state index contributed by atoms with van der Waals surface area (Å²) in [5.41, 5.74) is -0.0215. The molecule has 1 saturated carbocycles. The van der Waals surface area contributed by atoms with E-state index in [2.05, 4.69) is 34.7 Å². The van der Waals surface area contributed by atoms with Crippen molar-refractivity contribution in [2.45, 2.75) is 45.9 Å². The van der Waals surface area contributed by atoms with E-state index in [0.717, 1.165) is 6.42 Å². The van der Waals surface area contributed by atoms with Crippen molar-refractivity contribution in [3.8, 4) is 0 Å². The van der Waals surface area contributed by atoms with Crippen LogP contribution in [0.3, 0.4) is 0 Å². The van der Waals surface area contributed by atoms with Gasteiger partial charge in [-0.3, -0.25) is 4.79 Å². The first-order valence-electron chi connectivity index (χ1n) is 6.15. The molecule has 0 saturated heterocycles. The second kappa shape index (κ2) is 5.01. The van der Waals surface area contributed by atoms with Gasteiger partial charge in [-0.25, -0.2) is 4.68 Å². The van der Waals surface area contributed by atoms with Crippen LogP contribution in [-0.2, 0) is 16.1 Å². The van der Waals surface area contributed by atoms with Crippen LogP contribution in [0.2, 0.25) is 0 Å². The molecule has 0 radical (unpaired) electrons. The zero-order valence-corrected chi connectivity index (χ0v) is 11.0. The van der Waals surface area contributed by atoms with Gasteiger partial charge in [0.05, 0.1) is 6.10 Å². The number of tetrazole rings is 1. The molecule has 1 fully saturated rings. The summed E-state index contributed by atoms with van der Waals surface area (Å²) in [4.78, 5) is 11.8. The lowest BCUT2D eigenvalue weighted by atomic mass is 9.64. The van der Waals surface area contributed by atoms with Gasteiger partial charge in [-0.1, -0.05) is 13.8 Å². The van der Waals surface area contributed by atoms with Crippen molar-refractivity contribution in [2.24, 2.45) is 5.41 Å². The van der Waals surface area contributed by atoms with Crippen LogP contribution >= 0.6 is 0 Å². The molecule has 1 heterocycles. The highest BCUT2D eigenvalue weighted by molar-refractivity contribution is 5.76. The Balaban J connectivity index is 1.82. The summed E-state index contributed by atoms with van der Waals surface area (Å²) in [7, 11) is 0. The molecule has 1 aromatic rings. The first-order chi connectivity index (χ1) is 8.54. The molecule has 7 nitrogen and oxygen atoms in total. The molecule has 18 heavy (non-hydrogen) atoms. The molecule has 1 aromatic heterocycles. The van der Waals surface area contributed by atoms with E-state index in [0.29, 0.717) is 6.61 Å². The van der Waals surface area contributed by atoms with E-state index in [1.807, 2.05) is 6.92 Å². The standard InChI is InChI=1S/C11H19N5O2/c1-4-18-9-5-8(11(9,2)3)13-10(17)6-16-7-12-14-15-16/h7-9H,4-6H2,1-3H3,(H,13,17). The Kier molecular flexibility index (Phi) is 3.60. The summed E-state index contributed by atoms with van der Waals surface area (Å²) in [6.07, 6.45) is 2.51. The number of ether oxygens (including phenoxy) is 1. The van der Waals surface area contributed by atoms with E-state index < -0.39 is 0 Å². The topological polar surface area (TPSA) is 81.9 Å². The summed E-state index contributed by atoms with van der Waals surface area (Å²) < 4.78 is 7.03. The van der Waals surface area contributed by atoms with E-state index in [-0.39, 0.29) is 30.0 Å². The number of rotatable bonds is 5. The SMILES string of the molecule is CCOC1CC(NC(=O)Cn2cnnn2)C1(C)C. The third kappa shape index (κ3) is 2.50. The number of hydrogen-bond acceptors (Lipinski definition) is 5. The third-order valence-corrected chi connectivity index (χ3v) is 3.58. The fourth-order valence-electron chi connectivity index (χ4n) is 2.25. The molecule has 7 heteroatoms. The van der Waals surface area contributed by atoms with E-state index in [4.69, 9.17) is 4.74 Å². The van der Waals surface area contributed by atoms with Crippen LogP contribution < -0.4 is 5.32 Å². The number of carbonyl (C=O) groups excluding carboxylic acids is 1. The van der Waals surface area contributed by atoms with Crippen molar-refractivity contribution in [2.75, 3.05) is 6.61 Å². The first-order valence-corrected chi connectivity index (χ1v) is 6.15. The van der Waals surface area contributed by atoms with Gasteiger partial charge >= 0.3 is 0 Å². The van der Waals surface area contributed by atoms with Crippen LogP contribution in [-0.4, -0.2) is 44.9 Å². The molecule has 0 spiro atoms. The van der Waals surface area contributed by atoms with E-state index in [1.165, 1.54) is 11.0 Å². The molecule has 1 amide bonds. The lowest BCUT2D eigenvalue weighted by Gasteiger charge is -2.51. The smallest absolute Gasteiger partial charge is 0.242 e. The van der Waals surface area contributed by atoms with Crippen LogP contribution in [0, 0.1) is 5.41 Å². The van der Waals surface area contributed by atoms with E-state index in [9.17, 15) is 4.79 Å². The van der Waals surface area contributed by atoms with Gasteiger partial charge in [0.2, 0.25) is 5.91 Å². The fraction of sp³-hybridized carbons (Fsp3) is 0.818. The van der Waals surface area contributed by atoms with Gasteiger partial charge in [-0.2, -0.15) is 0 Å². The summed E-state index contributed by atoms with van der Waals surface area (Å²) in [5, 5.41) is 13.6. The molecule has 2 atom stereocenters. The van der Waals surface area contributed by atoms with Gasteiger partial charge in [-0.05, 0) is 23.8 Å². The molecule has 100 valence electrons. The summed E-state index contributed by atoms with van der Waals surface area (Å²) in [5.74, 6) is -0.0738. The Morgan fingerprint density at radius 1 is 1.61 bits per heavy atom. The Labute approximate surface area is 106 Å². The number of hydrogen-bond donors (Lipinski definition) is 1. The molecule has 1 aliphatic rings. The second-order valence-corrected chi connectivity index (χ2v) is 5.13. The normalized spacial score (nSPS) is 25.5. The van der Waals surface area contributed by atoms with Gasteiger partial charge in [0, 0.05) is 18.1 Å². The number of aromatic nitrogens is 4. The number of carbonyl (C=O) groups is 1. The molecule has 2 unspecified atom stereocenters. The van der Waals surface area contributed by atoms with Crippen LogP contribution in [0.25, 0.3) is 0 Å². The van der Waals surface area contributed by atoms with E-state index in [1.54, 1.807) is 0 Å². The number of amides is 1. The summed E-state index contributed by atoms with van der Waals surface area (Å²) >= 11 is 0. The minimum Gasteiger partial charge on any atom is -0.378 e. The van der Waals surface area contributed by atoms with Crippen LogP contribution in [0.4, 0.5) is 0 Å². The zero-order valence-electron chi connectivity index (χ0n) is 11.0. The lowest BCUT2D eigenvalue weighted by Crippen LogP contribution is -2.62. The average Bonchev–Trinajstić information content (AvgIpc) is 2.80. The molecule has 0 aromatic carbocycles. The molecular weight excluding hydrogens is 234 g/mol. The molecular formula is C11H19N5O2. The molecule has 2 rings (SSSR count). The summed E-state index contributed by atoms with van der Waals surface area (Å²) in [6, 6.07) is 0.151. The largest absolute Gasteiger partial charge is 0.378 e. The number of nitrogens with zero attached hydrogens (tertiary/aromatic N) is 4. The van der Waals surface area contributed by atoms with Crippen molar-refractivity contribution in [1.29, 1.82) is 0 Å². The van der Waals surface area contributed by atoms with Gasteiger partial charge in [0.15, 0.2) is 0 Å². The third-order valence-electron chi connectivity index (χ3n) is 3.58. The van der Waals surface area contributed by atoms with Crippen molar-refractivity contribution in [3.05, 3.63) is 6.33 Å². The van der Waals surface area contributed by atoms with Crippen LogP contribution in [0.5, 0.6) is 0 Å². The first kappa shape index (κ1) is 12.9. The van der Waals surface area contributed by atoms with Crippen molar-refractivity contribution < 1.29 is 9.53 Å². The Hall–Kier alpha value is -1.50. The van der Waals surface area contributed by atoms with Crippen molar-refractivity contribution in [3.63, 3.8) is 0 Å². The van der Waals surface area contributed by atoms with Crippen molar-refractivity contribution >= 4 is 5.91 Å². The number of nitrogens with one attached hydrogen (secondary N) is 1. The minimum atomic E-state index is -0.0738. The lowest BCUT2D eigenvalue weighted by molar-refractivity contribution is -0.137. The summed E-state index contributed by atoms with van der Waals surface area (Å²) in [6.45, 7) is 7.07. The highest BCUT2D eigenvalue weighted by Gasteiger charge is 2.49. The van der Waals surface area contributed by atoms with E-state index >= 15 is 0 Å². The molecule has 0 aliphatic heterocycles. The van der Waals surface area contributed by atoms with Crippen LogP contribution in [0.1, 0.15) is 27.2 Å². The van der Waals surface area contributed by atoms with Gasteiger partial charge in [0.25, 0.3) is 0 Å². The highest BCUT2D eigenvalue weighted by Crippen LogP contribution is 2.42. The van der Waals surface area contributed by atoms with Gasteiger partial charge in [-0.15, -0.1) is 5.10 Å². The Morgan fingerprint density at radius 3 is 2.94 bits per heavy atom. The molecule has 1 aliphatic carbocycles. The maximum atomic E-state index is 11.8. The fourth-order valence-corrected chi connectivity index (χ4v) is 2.25. The van der Waals surface area contributed by atoms with Gasteiger partial charge < -0.3 is 10.1 Å². The predicted molar refractivity (Wildman–Crippen MR) is 63.6 cm³/mol. The minimum absolute atomic E-state index is 0.0215. The van der Waals surface area contributed by atoms with Crippen molar-refractivity contribution in [1.82, 2.24) is 25.5 Å². The second-order valence-electron chi connectivity index (χ2n) is 5.13. The predicted octanol–water partition coefficient (Wildman–Crippen LogP) is -0.00710. The average molecular weight is 253 g/mol. The quantitative estimate of drug-likeness (QED) is 0.798. The van der Waals surface area contributed by atoms with Gasteiger partial charge in [0.1, 0.15) is 12.9 Å².